The smallest absolute Gasteiger partial charge is 0.272 e. The van der Waals surface area contributed by atoms with Gasteiger partial charge in [0, 0.05) is 29.5 Å². The van der Waals surface area contributed by atoms with Crippen molar-refractivity contribution in [2.24, 2.45) is 0 Å². The average molecular weight is 398 g/mol. The van der Waals surface area contributed by atoms with Gasteiger partial charge >= 0.3 is 0 Å². The number of halogens is 1. The van der Waals surface area contributed by atoms with Gasteiger partial charge in [0.15, 0.2) is 5.69 Å². The van der Waals surface area contributed by atoms with Crippen LogP contribution in [0.4, 0.5) is 4.39 Å². The van der Waals surface area contributed by atoms with E-state index in [-0.39, 0.29) is 17.8 Å². The number of benzene rings is 1. The van der Waals surface area contributed by atoms with Gasteiger partial charge in [-0.05, 0) is 43.5 Å². The molecule has 144 valence electrons. The number of ether oxygens (including phenoxy) is 1. The third-order valence-corrected chi connectivity index (χ3v) is 6.27. The number of nitrogens with zero attached hydrogens (tertiary/aromatic N) is 3. The van der Waals surface area contributed by atoms with Crippen LogP contribution in [0.5, 0.6) is 5.88 Å². The highest BCUT2D eigenvalue weighted by Gasteiger charge is 2.28. The maximum absolute atomic E-state index is 13.2. The SMILES string of the molecule is O=C(NC1CCCc2sc(-c3ccc(F)cc3)nc21)c1cc2n(n1)CCCO2. The maximum Gasteiger partial charge on any atom is 0.272 e. The van der Waals surface area contributed by atoms with Crippen molar-refractivity contribution in [3.8, 4) is 16.5 Å². The van der Waals surface area contributed by atoms with Gasteiger partial charge in [-0.1, -0.05) is 0 Å². The zero-order chi connectivity index (χ0) is 19.1. The number of hydrogen-bond acceptors (Lipinski definition) is 5. The van der Waals surface area contributed by atoms with Gasteiger partial charge < -0.3 is 10.1 Å². The lowest BCUT2D eigenvalue weighted by Gasteiger charge is -2.21. The van der Waals surface area contributed by atoms with Gasteiger partial charge in [0.2, 0.25) is 5.88 Å². The van der Waals surface area contributed by atoms with E-state index in [0.717, 1.165) is 48.5 Å². The van der Waals surface area contributed by atoms with E-state index in [9.17, 15) is 9.18 Å². The number of aryl methyl sites for hydroxylation is 2. The van der Waals surface area contributed by atoms with E-state index in [1.807, 2.05) is 0 Å². The fourth-order valence-corrected chi connectivity index (χ4v) is 4.86. The lowest BCUT2D eigenvalue weighted by molar-refractivity contribution is 0.0926. The number of rotatable bonds is 3. The zero-order valence-electron chi connectivity index (χ0n) is 15.2. The Morgan fingerprint density at radius 2 is 2.14 bits per heavy atom. The second kappa shape index (κ2) is 7.01. The lowest BCUT2D eigenvalue weighted by atomic mass is 9.97. The molecule has 0 spiro atoms. The van der Waals surface area contributed by atoms with Crippen LogP contribution in [0.25, 0.3) is 10.6 Å². The minimum Gasteiger partial charge on any atom is -0.478 e. The summed E-state index contributed by atoms with van der Waals surface area (Å²) in [5.74, 6) is 0.176. The Balaban J connectivity index is 1.38. The molecule has 1 atom stereocenters. The third kappa shape index (κ3) is 3.17. The van der Waals surface area contributed by atoms with Crippen LogP contribution in [0.2, 0.25) is 0 Å². The van der Waals surface area contributed by atoms with Crippen LogP contribution in [0.1, 0.15) is 46.4 Å². The van der Waals surface area contributed by atoms with Crippen LogP contribution >= 0.6 is 11.3 Å². The molecular weight excluding hydrogens is 379 g/mol. The van der Waals surface area contributed by atoms with E-state index < -0.39 is 0 Å². The summed E-state index contributed by atoms with van der Waals surface area (Å²) in [6, 6.07) is 7.92. The summed E-state index contributed by atoms with van der Waals surface area (Å²) in [6.45, 7) is 1.42. The number of thiazole rings is 1. The number of fused-ring (bicyclic) bond motifs is 2. The third-order valence-electron chi connectivity index (χ3n) is 5.09. The fourth-order valence-electron chi connectivity index (χ4n) is 3.69. The first-order chi connectivity index (χ1) is 13.7. The van der Waals surface area contributed by atoms with Crippen molar-refractivity contribution in [3.63, 3.8) is 0 Å². The predicted molar refractivity (Wildman–Crippen MR) is 103 cm³/mol. The largest absolute Gasteiger partial charge is 0.478 e. The zero-order valence-corrected chi connectivity index (χ0v) is 16.0. The van der Waals surface area contributed by atoms with Crippen molar-refractivity contribution in [2.45, 2.75) is 38.3 Å². The molecule has 3 aromatic rings. The first-order valence-electron chi connectivity index (χ1n) is 9.44. The summed E-state index contributed by atoms with van der Waals surface area (Å²) < 4.78 is 20.5. The quantitative estimate of drug-likeness (QED) is 0.730. The number of aromatic nitrogens is 3. The Hall–Kier alpha value is -2.74. The van der Waals surface area contributed by atoms with Crippen molar-refractivity contribution in [1.29, 1.82) is 0 Å². The molecule has 0 fully saturated rings. The summed E-state index contributed by atoms with van der Waals surface area (Å²) in [5, 5.41) is 8.31. The maximum atomic E-state index is 13.2. The molecular formula is C20H19FN4O2S. The molecule has 0 saturated heterocycles. The molecule has 0 radical (unpaired) electrons. The topological polar surface area (TPSA) is 69.0 Å². The van der Waals surface area contributed by atoms with Gasteiger partial charge in [-0.25, -0.2) is 14.1 Å². The van der Waals surface area contributed by atoms with Gasteiger partial charge in [-0.15, -0.1) is 11.3 Å². The number of nitrogens with one attached hydrogen (secondary N) is 1. The predicted octanol–water partition coefficient (Wildman–Crippen LogP) is 3.74. The molecule has 1 amide bonds. The highest BCUT2D eigenvalue weighted by atomic mass is 32.1. The van der Waals surface area contributed by atoms with Crippen LogP contribution in [-0.4, -0.2) is 27.3 Å². The van der Waals surface area contributed by atoms with E-state index in [2.05, 4.69) is 10.4 Å². The highest BCUT2D eigenvalue weighted by Crippen LogP contribution is 2.37. The molecule has 1 aliphatic heterocycles. The van der Waals surface area contributed by atoms with E-state index in [4.69, 9.17) is 9.72 Å². The van der Waals surface area contributed by atoms with E-state index >= 15 is 0 Å². The summed E-state index contributed by atoms with van der Waals surface area (Å²) in [7, 11) is 0. The van der Waals surface area contributed by atoms with Gasteiger partial charge in [0.25, 0.3) is 5.91 Å². The molecule has 2 aliphatic rings. The number of carbonyl (C=O) groups is 1. The Kier molecular flexibility index (Phi) is 4.35. The second-order valence-electron chi connectivity index (χ2n) is 7.05. The summed E-state index contributed by atoms with van der Waals surface area (Å²) in [5.41, 5.74) is 2.19. The molecule has 28 heavy (non-hydrogen) atoms. The first-order valence-corrected chi connectivity index (χ1v) is 10.3. The lowest BCUT2D eigenvalue weighted by Crippen LogP contribution is -2.31. The van der Waals surface area contributed by atoms with Gasteiger partial charge in [-0.2, -0.15) is 5.10 Å². The van der Waals surface area contributed by atoms with Gasteiger partial charge in [0.05, 0.1) is 18.3 Å². The molecule has 1 aromatic carbocycles. The Morgan fingerprint density at radius 1 is 1.29 bits per heavy atom. The summed E-state index contributed by atoms with van der Waals surface area (Å²) in [4.78, 5) is 18.7. The molecule has 1 aliphatic carbocycles. The molecule has 6 nitrogen and oxygen atoms in total. The number of amides is 1. The molecule has 2 aromatic heterocycles. The Bertz CT molecular complexity index is 1000. The van der Waals surface area contributed by atoms with E-state index in [0.29, 0.717) is 18.2 Å². The highest BCUT2D eigenvalue weighted by molar-refractivity contribution is 7.15. The summed E-state index contributed by atoms with van der Waals surface area (Å²) >= 11 is 1.62. The molecule has 0 saturated carbocycles. The molecule has 5 rings (SSSR count). The Morgan fingerprint density at radius 3 is 2.96 bits per heavy atom. The van der Waals surface area contributed by atoms with Crippen molar-refractivity contribution in [2.75, 3.05) is 6.61 Å². The van der Waals surface area contributed by atoms with Crippen LogP contribution in [-0.2, 0) is 13.0 Å². The average Bonchev–Trinajstić information content (AvgIpc) is 3.33. The van der Waals surface area contributed by atoms with E-state index in [1.54, 1.807) is 34.2 Å². The number of carbonyl (C=O) groups excluding carboxylic acids is 1. The molecule has 1 unspecified atom stereocenters. The van der Waals surface area contributed by atoms with Gasteiger partial charge in [0.1, 0.15) is 10.8 Å². The van der Waals surface area contributed by atoms with Crippen LogP contribution in [0.3, 0.4) is 0 Å². The van der Waals surface area contributed by atoms with Crippen molar-refractivity contribution < 1.29 is 13.9 Å². The Labute approximate surface area is 165 Å². The fraction of sp³-hybridized carbons (Fsp3) is 0.350. The minimum absolute atomic E-state index is 0.138. The molecule has 0 bridgehead atoms. The van der Waals surface area contributed by atoms with Crippen LogP contribution < -0.4 is 10.1 Å². The first kappa shape index (κ1) is 17.4. The summed E-state index contributed by atoms with van der Waals surface area (Å²) in [6.07, 6.45) is 3.68. The van der Waals surface area contributed by atoms with Crippen LogP contribution in [0.15, 0.2) is 30.3 Å². The van der Waals surface area contributed by atoms with E-state index in [1.165, 1.54) is 17.0 Å². The second-order valence-corrected chi connectivity index (χ2v) is 8.13. The number of hydrogen-bond donors (Lipinski definition) is 1. The minimum atomic E-state index is -0.262. The molecule has 3 heterocycles. The van der Waals surface area contributed by atoms with Crippen molar-refractivity contribution in [1.82, 2.24) is 20.1 Å². The molecule has 8 heteroatoms. The van der Waals surface area contributed by atoms with Crippen molar-refractivity contribution in [3.05, 3.63) is 52.4 Å². The van der Waals surface area contributed by atoms with Crippen LogP contribution in [0, 0.1) is 5.82 Å². The van der Waals surface area contributed by atoms with Gasteiger partial charge in [-0.3, -0.25) is 4.79 Å². The monoisotopic (exact) mass is 398 g/mol. The standard InChI is InChI=1S/C20H19FN4O2S/c21-13-7-5-12(6-8-13)20-23-18-14(3-1-4-16(18)28-20)22-19(26)15-11-17-25(24-15)9-2-10-27-17/h5-8,11,14H,1-4,9-10H2,(H,22,26). The molecule has 1 N–H and O–H groups in total. The van der Waals surface area contributed by atoms with Crippen molar-refractivity contribution >= 4 is 17.2 Å². The normalized spacial score (nSPS) is 18.1.